The minimum Gasteiger partial charge on any atom is -0.465 e. The lowest BCUT2D eigenvalue weighted by Gasteiger charge is -2.41. The molecule has 1 aromatic heterocycles. The van der Waals surface area contributed by atoms with Gasteiger partial charge < -0.3 is 10.1 Å². The van der Waals surface area contributed by atoms with Gasteiger partial charge in [-0.2, -0.15) is 0 Å². The summed E-state index contributed by atoms with van der Waals surface area (Å²) >= 11 is 0. The van der Waals surface area contributed by atoms with E-state index in [1.165, 1.54) is 0 Å². The Labute approximate surface area is 183 Å². The van der Waals surface area contributed by atoms with Crippen molar-refractivity contribution >= 4 is 11.8 Å². The van der Waals surface area contributed by atoms with E-state index in [1.54, 1.807) is 6.20 Å². The molecule has 0 spiro atoms. The molecule has 1 aliphatic heterocycles. The minimum atomic E-state index is -0.699. The van der Waals surface area contributed by atoms with Crippen molar-refractivity contribution < 1.29 is 14.3 Å². The van der Waals surface area contributed by atoms with Crippen LogP contribution in [0.1, 0.15) is 43.9 Å². The number of carbonyl (C=O) groups is 2. The maximum Gasteiger partial charge on any atom is 0.315 e. The monoisotopic (exact) mass is 416 g/mol. The third-order valence-electron chi connectivity index (χ3n) is 5.99. The summed E-state index contributed by atoms with van der Waals surface area (Å²) in [5, 5.41) is 3.28. The third kappa shape index (κ3) is 4.46. The summed E-state index contributed by atoms with van der Waals surface area (Å²) in [6.07, 6.45) is 3.50. The molecule has 0 saturated heterocycles. The summed E-state index contributed by atoms with van der Waals surface area (Å²) in [7, 11) is 0. The average Bonchev–Trinajstić information content (AvgIpc) is 2.73. The maximum absolute atomic E-state index is 13.2. The van der Waals surface area contributed by atoms with Gasteiger partial charge in [-0.15, -0.1) is 0 Å². The first-order valence-electron chi connectivity index (χ1n) is 10.7. The number of nitrogens with zero attached hydrogens (tertiary/aromatic N) is 1. The first kappa shape index (κ1) is 21.0. The van der Waals surface area contributed by atoms with Crippen molar-refractivity contribution in [1.29, 1.82) is 0 Å². The smallest absolute Gasteiger partial charge is 0.315 e. The summed E-state index contributed by atoms with van der Waals surface area (Å²) in [4.78, 5) is 30.9. The Morgan fingerprint density at radius 2 is 1.90 bits per heavy atom. The van der Waals surface area contributed by atoms with Crippen molar-refractivity contribution in [2.75, 3.05) is 6.61 Å². The van der Waals surface area contributed by atoms with Gasteiger partial charge in [-0.25, -0.2) is 0 Å². The van der Waals surface area contributed by atoms with Crippen LogP contribution in [0.4, 0.5) is 0 Å². The van der Waals surface area contributed by atoms with Crippen LogP contribution in [0.5, 0.6) is 0 Å². The van der Waals surface area contributed by atoms with Crippen LogP contribution < -0.4 is 5.32 Å². The van der Waals surface area contributed by atoms with Gasteiger partial charge in [-0.3, -0.25) is 14.6 Å². The molecular weight excluding hydrogens is 388 g/mol. The SMILES string of the molecule is C=C1NC2=C(C(=O)CC(C)(C)C2)C(c2ccccn2)C1C(=O)OCCc1ccccc1. The molecule has 1 aliphatic carbocycles. The number of benzene rings is 1. The molecule has 31 heavy (non-hydrogen) atoms. The van der Waals surface area contributed by atoms with Gasteiger partial charge in [0, 0.05) is 41.7 Å². The number of carbonyl (C=O) groups excluding carboxylic acids is 2. The molecule has 5 nitrogen and oxygen atoms in total. The Kier molecular flexibility index (Phi) is 5.77. The largest absolute Gasteiger partial charge is 0.465 e. The second kappa shape index (κ2) is 8.50. The van der Waals surface area contributed by atoms with Gasteiger partial charge in [-0.1, -0.05) is 56.8 Å². The number of hydrogen-bond acceptors (Lipinski definition) is 5. The number of ketones is 1. The normalized spacial score (nSPS) is 22.5. The van der Waals surface area contributed by atoms with E-state index in [1.807, 2.05) is 48.5 Å². The van der Waals surface area contributed by atoms with E-state index in [0.29, 0.717) is 29.8 Å². The van der Waals surface area contributed by atoms with Gasteiger partial charge in [0.25, 0.3) is 0 Å². The van der Waals surface area contributed by atoms with Gasteiger partial charge in [0.05, 0.1) is 12.5 Å². The lowest BCUT2D eigenvalue weighted by atomic mass is 9.67. The van der Waals surface area contributed by atoms with E-state index in [4.69, 9.17) is 4.74 Å². The first-order valence-corrected chi connectivity index (χ1v) is 10.7. The number of allylic oxidation sites excluding steroid dienone is 2. The van der Waals surface area contributed by atoms with Gasteiger partial charge in [-0.05, 0) is 29.5 Å². The summed E-state index contributed by atoms with van der Waals surface area (Å²) in [6.45, 7) is 8.57. The molecule has 5 heteroatoms. The Balaban J connectivity index is 1.63. The van der Waals surface area contributed by atoms with E-state index >= 15 is 0 Å². The van der Waals surface area contributed by atoms with Gasteiger partial charge in [0.1, 0.15) is 5.92 Å². The number of nitrogens with one attached hydrogen (secondary N) is 1. The van der Waals surface area contributed by atoms with Crippen molar-refractivity contribution in [3.05, 3.63) is 89.5 Å². The van der Waals surface area contributed by atoms with Gasteiger partial charge >= 0.3 is 5.97 Å². The number of ether oxygens (including phenoxy) is 1. The van der Waals surface area contributed by atoms with Gasteiger partial charge in [0.15, 0.2) is 5.78 Å². The minimum absolute atomic E-state index is 0.0592. The summed E-state index contributed by atoms with van der Waals surface area (Å²) < 4.78 is 5.66. The fourth-order valence-electron chi connectivity index (χ4n) is 4.61. The van der Waals surface area contributed by atoms with Crippen LogP contribution in [0.15, 0.2) is 78.3 Å². The van der Waals surface area contributed by atoms with Crippen LogP contribution in [0, 0.1) is 11.3 Å². The van der Waals surface area contributed by atoms with Crippen LogP contribution in [0.3, 0.4) is 0 Å². The second-order valence-electron chi connectivity index (χ2n) is 9.10. The summed E-state index contributed by atoms with van der Waals surface area (Å²) in [6, 6.07) is 15.5. The van der Waals surface area contributed by atoms with Crippen LogP contribution in [-0.4, -0.2) is 23.3 Å². The highest BCUT2D eigenvalue weighted by molar-refractivity contribution is 6.00. The molecule has 0 saturated carbocycles. The van der Waals surface area contributed by atoms with Gasteiger partial charge in [0.2, 0.25) is 0 Å². The lowest BCUT2D eigenvalue weighted by Crippen LogP contribution is -2.44. The maximum atomic E-state index is 13.2. The predicted molar refractivity (Wildman–Crippen MR) is 119 cm³/mol. The molecule has 2 aromatic rings. The molecule has 0 bridgehead atoms. The number of esters is 1. The molecule has 1 N–H and O–H groups in total. The molecule has 2 atom stereocenters. The molecule has 2 heterocycles. The highest BCUT2D eigenvalue weighted by Gasteiger charge is 2.47. The number of Topliss-reactive ketones (excluding diaryl/α,β-unsaturated/α-hetero) is 1. The Hall–Kier alpha value is -3.21. The third-order valence-corrected chi connectivity index (χ3v) is 5.99. The number of rotatable bonds is 5. The number of hydrogen-bond donors (Lipinski definition) is 1. The molecule has 2 aliphatic rings. The number of aromatic nitrogens is 1. The van der Waals surface area contributed by atoms with Crippen LogP contribution in [-0.2, 0) is 20.7 Å². The van der Waals surface area contributed by atoms with E-state index in [-0.39, 0.29) is 23.8 Å². The van der Waals surface area contributed by atoms with E-state index < -0.39 is 11.8 Å². The predicted octanol–water partition coefficient (Wildman–Crippen LogP) is 4.33. The molecule has 160 valence electrons. The summed E-state index contributed by atoms with van der Waals surface area (Å²) in [5.41, 5.74) is 3.72. The quantitative estimate of drug-likeness (QED) is 0.735. The Morgan fingerprint density at radius 1 is 1.16 bits per heavy atom. The average molecular weight is 417 g/mol. The zero-order chi connectivity index (χ0) is 22.0. The summed E-state index contributed by atoms with van der Waals surface area (Å²) in [5.74, 6) is -1.51. The molecule has 0 fully saturated rings. The van der Waals surface area contributed by atoms with E-state index in [0.717, 1.165) is 17.7 Å². The topological polar surface area (TPSA) is 68.3 Å². The second-order valence-corrected chi connectivity index (χ2v) is 9.10. The van der Waals surface area contributed by atoms with Crippen molar-refractivity contribution in [1.82, 2.24) is 10.3 Å². The molecule has 0 amide bonds. The molecule has 2 unspecified atom stereocenters. The zero-order valence-corrected chi connectivity index (χ0v) is 18.1. The lowest BCUT2D eigenvalue weighted by molar-refractivity contribution is -0.147. The van der Waals surface area contributed by atoms with Crippen LogP contribution in [0.2, 0.25) is 0 Å². The fraction of sp³-hybridized carbons (Fsp3) is 0.346. The Bertz CT molecular complexity index is 1030. The first-order chi connectivity index (χ1) is 14.9. The molecule has 0 radical (unpaired) electrons. The number of pyridine rings is 1. The molecule has 1 aromatic carbocycles. The van der Waals surface area contributed by atoms with Crippen LogP contribution >= 0.6 is 0 Å². The zero-order valence-electron chi connectivity index (χ0n) is 18.1. The van der Waals surface area contributed by atoms with Crippen molar-refractivity contribution in [2.24, 2.45) is 11.3 Å². The van der Waals surface area contributed by atoms with Crippen molar-refractivity contribution in [2.45, 2.75) is 39.0 Å². The fourth-order valence-corrected chi connectivity index (χ4v) is 4.61. The van der Waals surface area contributed by atoms with Crippen molar-refractivity contribution in [3.63, 3.8) is 0 Å². The Morgan fingerprint density at radius 3 is 2.61 bits per heavy atom. The highest BCUT2D eigenvalue weighted by atomic mass is 16.5. The van der Waals surface area contributed by atoms with Crippen molar-refractivity contribution in [3.8, 4) is 0 Å². The highest BCUT2D eigenvalue weighted by Crippen LogP contribution is 2.47. The van der Waals surface area contributed by atoms with Crippen LogP contribution in [0.25, 0.3) is 0 Å². The standard InChI is InChI=1S/C26H28N2O3/c1-17-22(25(30)31-14-12-18-9-5-4-6-10-18)24(19-11-7-8-13-27-19)23-20(28-17)15-26(2,3)16-21(23)29/h4-11,13,22,24,28H,1,12,14-16H2,2-3H3. The molecule has 4 rings (SSSR count). The van der Waals surface area contributed by atoms with E-state index in [9.17, 15) is 9.59 Å². The van der Waals surface area contributed by atoms with E-state index in [2.05, 4.69) is 30.7 Å². The molecular formula is C26H28N2O3.